The van der Waals surface area contributed by atoms with E-state index in [1.165, 1.54) is 49.9 Å². The molecule has 0 unspecified atom stereocenters. The van der Waals surface area contributed by atoms with Crippen LogP contribution in [0, 0.1) is 0 Å². The van der Waals surface area contributed by atoms with Gasteiger partial charge in [-0.1, -0.05) is 51.0 Å². The van der Waals surface area contributed by atoms with Gasteiger partial charge in [0.1, 0.15) is 0 Å². The van der Waals surface area contributed by atoms with Crippen LogP contribution in [0.1, 0.15) is 50.7 Å². The van der Waals surface area contributed by atoms with E-state index in [0.29, 0.717) is 6.54 Å². The molecular weight excluding hydrogens is 220 g/mol. The lowest BCUT2D eigenvalue weighted by Gasteiger charge is -2.23. The van der Waals surface area contributed by atoms with Crippen LogP contribution in [0.2, 0.25) is 0 Å². The largest absolute Gasteiger partial charge is 0.326 e. The molecule has 0 fully saturated rings. The molecule has 0 aromatic heterocycles. The van der Waals surface area contributed by atoms with Crippen LogP contribution >= 0.6 is 0 Å². The van der Waals surface area contributed by atoms with Crippen molar-refractivity contribution in [1.29, 1.82) is 0 Å². The molecule has 0 aliphatic heterocycles. The number of hydrogen-bond donors (Lipinski definition) is 1. The third kappa shape index (κ3) is 5.19. The van der Waals surface area contributed by atoms with Crippen molar-refractivity contribution in [2.75, 3.05) is 13.1 Å². The predicted molar refractivity (Wildman–Crippen MR) is 79.4 cm³/mol. The van der Waals surface area contributed by atoms with Crippen LogP contribution in [0.4, 0.5) is 0 Å². The molecule has 1 aromatic carbocycles. The van der Waals surface area contributed by atoms with Gasteiger partial charge in [0.15, 0.2) is 0 Å². The van der Waals surface area contributed by atoms with Crippen LogP contribution in [0.25, 0.3) is 0 Å². The quantitative estimate of drug-likeness (QED) is 0.724. The predicted octanol–water partition coefficient (Wildman–Crippen LogP) is 3.55. The molecule has 18 heavy (non-hydrogen) atoms. The van der Waals surface area contributed by atoms with Crippen LogP contribution < -0.4 is 5.73 Å². The highest BCUT2D eigenvalue weighted by atomic mass is 15.1. The molecule has 0 amide bonds. The first-order valence-corrected chi connectivity index (χ1v) is 7.31. The van der Waals surface area contributed by atoms with Crippen LogP contribution in [-0.2, 0) is 13.1 Å². The van der Waals surface area contributed by atoms with E-state index in [1.807, 2.05) is 0 Å². The Morgan fingerprint density at radius 1 is 0.944 bits per heavy atom. The van der Waals surface area contributed by atoms with Crippen molar-refractivity contribution in [3.63, 3.8) is 0 Å². The highest BCUT2D eigenvalue weighted by Gasteiger charge is 2.07. The summed E-state index contributed by atoms with van der Waals surface area (Å²) in [7, 11) is 0. The summed E-state index contributed by atoms with van der Waals surface area (Å²) in [5.41, 5.74) is 8.49. The highest BCUT2D eigenvalue weighted by Crippen LogP contribution is 2.12. The van der Waals surface area contributed by atoms with E-state index in [-0.39, 0.29) is 0 Å². The van der Waals surface area contributed by atoms with E-state index in [2.05, 4.69) is 43.0 Å². The molecule has 0 heterocycles. The maximum atomic E-state index is 5.81. The van der Waals surface area contributed by atoms with E-state index < -0.39 is 0 Å². The molecule has 102 valence electrons. The molecule has 0 radical (unpaired) electrons. The minimum atomic E-state index is 0.644. The minimum Gasteiger partial charge on any atom is -0.326 e. The molecule has 0 bridgehead atoms. The van der Waals surface area contributed by atoms with E-state index >= 15 is 0 Å². The van der Waals surface area contributed by atoms with Crippen molar-refractivity contribution >= 4 is 0 Å². The molecule has 0 saturated heterocycles. The summed E-state index contributed by atoms with van der Waals surface area (Å²) >= 11 is 0. The lowest BCUT2D eigenvalue weighted by Crippen LogP contribution is -2.26. The zero-order valence-corrected chi connectivity index (χ0v) is 12.0. The van der Waals surface area contributed by atoms with E-state index in [0.717, 1.165) is 6.54 Å². The van der Waals surface area contributed by atoms with Gasteiger partial charge in [0.25, 0.3) is 0 Å². The fraction of sp³-hybridized carbons (Fsp3) is 0.625. The molecule has 0 spiro atoms. The third-order valence-electron chi connectivity index (χ3n) is 3.39. The van der Waals surface area contributed by atoms with Crippen LogP contribution in [0.5, 0.6) is 0 Å². The van der Waals surface area contributed by atoms with E-state index in [9.17, 15) is 0 Å². The average Bonchev–Trinajstić information content (AvgIpc) is 2.42. The summed E-state index contributed by atoms with van der Waals surface area (Å²) in [6, 6.07) is 8.56. The van der Waals surface area contributed by atoms with Crippen molar-refractivity contribution in [1.82, 2.24) is 4.90 Å². The molecule has 1 rings (SSSR count). The number of hydrogen-bond acceptors (Lipinski definition) is 2. The SMILES string of the molecule is CCCCN(CCCC)Cc1ccccc1CN. The second kappa shape index (κ2) is 9.12. The summed E-state index contributed by atoms with van der Waals surface area (Å²) < 4.78 is 0. The molecule has 2 heteroatoms. The Morgan fingerprint density at radius 3 is 2.00 bits per heavy atom. The normalized spacial score (nSPS) is 11.1. The fourth-order valence-electron chi connectivity index (χ4n) is 2.19. The first-order valence-electron chi connectivity index (χ1n) is 7.31. The van der Waals surface area contributed by atoms with Crippen molar-refractivity contribution in [2.45, 2.75) is 52.6 Å². The van der Waals surface area contributed by atoms with Gasteiger partial charge in [-0.15, -0.1) is 0 Å². The Kier molecular flexibility index (Phi) is 7.70. The van der Waals surface area contributed by atoms with Crippen LogP contribution in [0.15, 0.2) is 24.3 Å². The summed E-state index contributed by atoms with van der Waals surface area (Å²) in [6.45, 7) is 8.61. The van der Waals surface area contributed by atoms with Gasteiger partial charge < -0.3 is 5.73 Å². The monoisotopic (exact) mass is 248 g/mol. The van der Waals surface area contributed by atoms with Gasteiger partial charge >= 0.3 is 0 Å². The number of benzene rings is 1. The average molecular weight is 248 g/mol. The zero-order valence-electron chi connectivity index (χ0n) is 12.0. The molecular formula is C16H28N2. The molecule has 1 aromatic rings. The Bertz CT molecular complexity index is 315. The second-order valence-corrected chi connectivity index (χ2v) is 4.96. The van der Waals surface area contributed by atoms with E-state index in [4.69, 9.17) is 5.73 Å². The van der Waals surface area contributed by atoms with Gasteiger partial charge in [0.05, 0.1) is 0 Å². The van der Waals surface area contributed by atoms with Gasteiger partial charge in [0, 0.05) is 13.1 Å². The lowest BCUT2D eigenvalue weighted by molar-refractivity contribution is 0.256. The Labute approximate surface area is 112 Å². The summed E-state index contributed by atoms with van der Waals surface area (Å²) in [4.78, 5) is 2.57. The first-order chi connectivity index (χ1) is 8.81. The Hall–Kier alpha value is -0.860. The lowest BCUT2D eigenvalue weighted by atomic mass is 10.1. The molecule has 0 atom stereocenters. The van der Waals surface area contributed by atoms with Gasteiger partial charge in [0.2, 0.25) is 0 Å². The van der Waals surface area contributed by atoms with Crippen LogP contribution in [0.3, 0.4) is 0 Å². The Morgan fingerprint density at radius 2 is 1.50 bits per heavy atom. The standard InChI is InChI=1S/C16H28N2/c1-3-5-11-18(12-6-4-2)14-16-10-8-7-9-15(16)13-17/h7-10H,3-6,11-14,17H2,1-2H3. The Balaban J connectivity index is 2.62. The molecule has 0 aliphatic rings. The number of nitrogens with zero attached hydrogens (tertiary/aromatic N) is 1. The van der Waals surface area contributed by atoms with Crippen molar-refractivity contribution < 1.29 is 0 Å². The van der Waals surface area contributed by atoms with Gasteiger partial charge in [-0.2, -0.15) is 0 Å². The van der Waals surface area contributed by atoms with Crippen molar-refractivity contribution in [3.05, 3.63) is 35.4 Å². The summed E-state index contributed by atoms with van der Waals surface area (Å²) in [5.74, 6) is 0. The highest BCUT2D eigenvalue weighted by molar-refractivity contribution is 5.26. The van der Waals surface area contributed by atoms with Crippen molar-refractivity contribution in [3.8, 4) is 0 Å². The van der Waals surface area contributed by atoms with Gasteiger partial charge in [-0.05, 0) is 37.1 Å². The first kappa shape index (κ1) is 15.2. The topological polar surface area (TPSA) is 29.3 Å². The summed E-state index contributed by atoms with van der Waals surface area (Å²) in [5, 5.41) is 0. The maximum absolute atomic E-state index is 5.81. The maximum Gasteiger partial charge on any atom is 0.0236 e. The minimum absolute atomic E-state index is 0.644. The smallest absolute Gasteiger partial charge is 0.0236 e. The zero-order chi connectivity index (χ0) is 13.2. The summed E-state index contributed by atoms with van der Waals surface area (Å²) in [6.07, 6.45) is 5.10. The third-order valence-corrected chi connectivity index (χ3v) is 3.39. The molecule has 2 nitrogen and oxygen atoms in total. The van der Waals surface area contributed by atoms with Crippen molar-refractivity contribution in [2.24, 2.45) is 5.73 Å². The molecule has 0 saturated carbocycles. The van der Waals surface area contributed by atoms with Gasteiger partial charge in [-0.3, -0.25) is 4.90 Å². The molecule has 2 N–H and O–H groups in total. The van der Waals surface area contributed by atoms with E-state index in [1.54, 1.807) is 0 Å². The van der Waals surface area contributed by atoms with Crippen LogP contribution in [-0.4, -0.2) is 18.0 Å². The number of unbranched alkanes of at least 4 members (excludes halogenated alkanes) is 2. The second-order valence-electron chi connectivity index (χ2n) is 4.96. The number of nitrogens with two attached hydrogens (primary N) is 1. The van der Waals surface area contributed by atoms with Gasteiger partial charge in [-0.25, -0.2) is 0 Å². The number of rotatable bonds is 9. The molecule has 0 aliphatic carbocycles. The fourth-order valence-corrected chi connectivity index (χ4v) is 2.19.